The summed E-state index contributed by atoms with van der Waals surface area (Å²) in [4.78, 5) is 0. The van der Waals surface area contributed by atoms with Crippen LogP contribution in [0.3, 0.4) is 0 Å². The molecular formula is C14H24NOSi. The fraction of sp³-hybridized carbons (Fsp3) is 0.571. The molecule has 0 aliphatic carbocycles. The minimum Gasteiger partial charge on any atom is -0.410 e. The first-order valence-corrected chi connectivity index (χ1v) is 8.46. The van der Waals surface area contributed by atoms with Crippen LogP contribution in [0.1, 0.15) is 38.0 Å². The number of nitrogen functional groups attached to an aromatic ring is 1. The molecule has 95 valence electrons. The van der Waals surface area contributed by atoms with Crippen molar-refractivity contribution < 1.29 is 4.43 Å². The van der Waals surface area contributed by atoms with E-state index in [0.717, 1.165) is 11.3 Å². The molecule has 0 amide bonds. The molecule has 1 aromatic carbocycles. The van der Waals surface area contributed by atoms with E-state index < -0.39 is 9.04 Å². The molecule has 3 heteroatoms. The average molecular weight is 250 g/mol. The highest BCUT2D eigenvalue weighted by atomic mass is 28.3. The van der Waals surface area contributed by atoms with Crippen LogP contribution in [0.4, 0.5) is 5.69 Å². The zero-order valence-corrected chi connectivity index (χ0v) is 12.8. The average Bonchev–Trinajstić information content (AvgIpc) is 2.17. The molecule has 0 spiro atoms. The molecule has 2 N–H and O–H groups in total. The topological polar surface area (TPSA) is 35.2 Å². The Bertz CT molecular complexity index is 382. The van der Waals surface area contributed by atoms with E-state index in [9.17, 15) is 0 Å². The standard InChI is InChI=1S/C14H24NOSi/c1-10-11(8-7-9-12(10)15)13(14(2,3)4)16-17(5)6/h7-9,13H,15H2,1-6H3. The molecule has 0 bridgehead atoms. The fourth-order valence-electron chi connectivity index (χ4n) is 1.90. The lowest BCUT2D eigenvalue weighted by molar-refractivity contribution is 0.0861. The van der Waals surface area contributed by atoms with E-state index in [2.05, 4.69) is 46.9 Å². The molecule has 0 fully saturated rings. The van der Waals surface area contributed by atoms with E-state index in [-0.39, 0.29) is 11.5 Å². The summed E-state index contributed by atoms with van der Waals surface area (Å²) in [7, 11) is -0.733. The molecule has 0 aliphatic heterocycles. The van der Waals surface area contributed by atoms with Crippen molar-refractivity contribution in [2.75, 3.05) is 5.73 Å². The van der Waals surface area contributed by atoms with E-state index >= 15 is 0 Å². The van der Waals surface area contributed by atoms with Gasteiger partial charge in [0.2, 0.25) is 9.04 Å². The molecule has 2 nitrogen and oxygen atoms in total. The highest BCUT2D eigenvalue weighted by Crippen LogP contribution is 2.39. The van der Waals surface area contributed by atoms with E-state index in [4.69, 9.17) is 10.2 Å². The lowest BCUT2D eigenvalue weighted by atomic mass is 9.83. The summed E-state index contributed by atoms with van der Waals surface area (Å²) in [6.07, 6.45) is 0.120. The largest absolute Gasteiger partial charge is 0.410 e. The predicted octanol–water partition coefficient (Wildman–Crippen LogP) is 3.93. The maximum absolute atomic E-state index is 6.18. The second kappa shape index (κ2) is 5.23. The Morgan fingerprint density at radius 2 is 1.82 bits per heavy atom. The van der Waals surface area contributed by atoms with Gasteiger partial charge in [-0.05, 0) is 42.6 Å². The van der Waals surface area contributed by atoms with Crippen molar-refractivity contribution in [3.05, 3.63) is 29.3 Å². The van der Waals surface area contributed by atoms with Crippen molar-refractivity contribution in [1.29, 1.82) is 0 Å². The normalized spacial score (nSPS) is 14.1. The summed E-state index contributed by atoms with van der Waals surface area (Å²) in [5.41, 5.74) is 9.29. The van der Waals surface area contributed by atoms with Crippen LogP contribution in [0.5, 0.6) is 0 Å². The van der Waals surface area contributed by atoms with Gasteiger partial charge in [-0.2, -0.15) is 0 Å². The quantitative estimate of drug-likeness (QED) is 0.651. The van der Waals surface area contributed by atoms with Crippen LogP contribution in [-0.2, 0) is 4.43 Å². The molecule has 1 radical (unpaired) electrons. The van der Waals surface area contributed by atoms with Crippen LogP contribution in [0, 0.1) is 12.3 Å². The van der Waals surface area contributed by atoms with Gasteiger partial charge in [0.15, 0.2) is 0 Å². The van der Waals surface area contributed by atoms with Crippen LogP contribution < -0.4 is 5.73 Å². The first kappa shape index (κ1) is 14.3. The maximum Gasteiger partial charge on any atom is 0.205 e. The van der Waals surface area contributed by atoms with E-state index in [1.807, 2.05) is 12.1 Å². The van der Waals surface area contributed by atoms with Crippen LogP contribution in [0.15, 0.2) is 18.2 Å². The molecule has 1 rings (SSSR count). The third kappa shape index (κ3) is 3.58. The summed E-state index contributed by atoms with van der Waals surface area (Å²) in [6.45, 7) is 13.1. The molecule has 1 aromatic rings. The van der Waals surface area contributed by atoms with Crippen LogP contribution in [0.25, 0.3) is 0 Å². The number of rotatable bonds is 3. The first-order chi connectivity index (χ1) is 7.73. The molecule has 0 saturated heterocycles. The minimum absolute atomic E-state index is 0.0838. The first-order valence-electron chi connectivity index (χ1n) is 6.05. The molecule has 0 heterocycles. The zero-order chi connectivity index (χ0) is 13.2. The molecule has 0 saturated carbocycles. The third-order valence-electron chi connectivity index (χ3n) is 2.84. The summed E-state index contributed by atoms with van der Waals surface area (Å²) in [6, 6.07) is 6.09. The van der Waals surface area contributed by atoms with Crippen LogP contribution in [0.2, 0.25) is 13.1 Å². The molecule has 0 aromatic heterocycles. The van der Waals surface area contributed by atoms with Gasteiger partial charge in [-0.25, -0.2) is 0 Å². The Hall–Kier alpha value is -0.803. The highest BCUT2D eigenvalue weighted by molar-refractivity contribution is 6.48. The van der Waals surface area contributed by atoms with Crippen molar-refractivity contribution in [3.63, 3.8) is 0 Å². The third-order valence-corrected chi connectivity index (χ3v) is 3.55. The Morgan fingerprint density at radius 1 is 1.24 bits per heavy atom. The second-order valence-electron chi connectivity index (χ2n) is 5.83. The number of nitrogens with two attached hydrogens (primary N) is 1. The summed E-state index contributed by atoms with van der Waals surface area (Å²) in [5.74, 6) is 0. The summed E-state index contributed by atoms with van der Waals surface area (Å²) in [5, 5.41) is 0. The van der Waals surface area contributed by atoms with Gasteiger partial charge in [0.05, 0.1) is 6.10 Å². The van der Waals surface area contributed by atoms with Crippen molar-refractivity contribution >= 4 is 14.7 Å². The Labute approximate surface area is 107 Å². The Balaban J connectivity index is 3.18. The van der Waals surface area contributed by atoms with Gasteiger partial charge >= 0.3 is 0 Å². The van der Waals surface area contributed by atoms with Crippen molar-refractivity contribution in [3.8, 4) is 0 Å². The lowest BCUT2D eigenvalue weighted by Gasteiger charge is -2.34. The Morgan fingerprint density at radius 3 is 2.29 bits per heavy atom. The monoisotopic (exact) mass is 250 g/mol. The van der Waals surface area contributed by atoms with Gasteiger partial charge in [-0.1, -0.05) is 32.9 Å². The molecule has 17 heavy (non-hydrogen) atoms. The number of hydrogen-bond donors (Lipinski definition) is 1. The highest BCUT2D eigenvalue weighted by Gasteiger charge is 2.29. The van der Waals surface area contributed by atoms with Gasteiger partial charge in [-0.15, -0.1) is 0 Å². The zero-order valence-electron chi connectivity index (χ0n) is 11.8. The van der Waals surface area contributed by atoms with E-state index in [1.54, 1.807) is 0 Å². The Kier molecular flexibility index (Phi) is 4.39. The number of hydrogen-bond acceptors (Lipinski definition) is 2. The molecule has 0 aliphatic rings. The van der Waals surface area contributed by atoms with Crippen molar-refractivity contribution in [2.45, 2.75) is 46.9 Å². The fourth-order valence-corrected chi connectivity index (χ4v) is 2.85. The lowest BCUT2D eigenvalue weighted by Crippen LogP contribution is -2.26. The van der Waals surface area contributed by atoms with Crippen molar-refractivity contribution in [2.24, 2.45) is 5.41 Å². The molecular weight excluding hydrogens is 226 g/mol. The van der Waals surface area contributed by atoms with Gasteiger partial charge in [-0.3, -0.25) is 0 Å². The minimum atomic E-state index is -0.733. The van der Waals surface area contributed by atoms with Crippen LogP contribution >= 0.6 is 0 Å². The van der Waals surface area contributed by atoms with Gasteiger partial charge in [0.25, 0.3) is 0 Å². The van der Waals surface area contributed by atoms with Crippen LogP contribution in [-0.4, -0.2) is 9.04 Å². The SMILES string of the molecule is Cc1c(N)cccc1C(O[Si](C)C)C(C)(C)C. The summed E-state index contributed by atoms with van der Waals surface area (Å²) >= 11 is 0. The van der Waals surface area contributed by atoms with E-state index in [1.165, 1.54) is 5.56 Å². The smallest absolute Gasteiger partial charge is 0.205 e. The molecule has 1 atom stereocenters. The van der Waals surface area contributed by atoms with Crippen molar-refractivity contribution in [1.82, 2.24) is 0 Å². The maximum atomic E-state index is 6.18. The van der Waals surface area contributed by atoms with E-state index in [0.29, 0.717) is 0 Å². The summed E-state index contributed by atoms with van der Waals surface area (Å²) < 4.78 is 6.18. The predicted molar refractivity (Wildman–Crippen MR) is 76.4 cm³/mol. The van der Waals surface area contributed by atoms with Gasteiger partial charge in [0.1, 0.15) is 0 Å². The second-order valence-corrected chi connectivity index (χ2v) is 7.89. The number of benzene rings is 1. The number of anilines is 1. The van der Waals surface area contributed by atoms with Gasteiger partial charge in [0, 0.05) is 5.69 Å². The van der Waals surface area contributed by atoms with Gasteiger partial charge < -0.3 is 10.2 Å². The molecule has 1 unspecified atom stereocenters.